The first-order valence-corrected chi connectivity index (χ1v) is 16.0. The third-order valence-corrected chi connectivity index (χ3v) is 8.08. The Balaban J connectivity index is 1.31. The van der Waals surface area contributed by atoms with Crippen molar-refractivity contribution in [3.63, 3.8) is 0 Å². The number of hydrogen-bond donors (Lipinski definition) is 0. The molecule has 0 N–H and O–H groups in total. The minimum Gasteiger partial charge on any atom is -0.459 e. The van der Waals surface area contributed by atoms with Crippen LogP contribution in [-0.2, 0) is 52.3 Å². The van der Waals surface area contributed by atoms with E-state index >= 15 is 0 Å². The van der Waals surface area contributed by atoms with Crippen molar-refractivity contribution >= 4 is 5.97 Å². The molecule has 2 aliphatic rings. The minimum absolute atomic E-state index is 0.0938. The highest BCUT2D eigenvalue weighted by molar-refractivity contribution is 5.89. The molecule has 2 fully saturated rings. The molecule has 2 aliphatic heterocycles. The highest BCUT2D eigenvalue weighted by atomic mass is 16.9. The zero-order chi connectivity index (χ0) is 32.3. The van der Waals surface area contributed by atoms with Crippen LogP contribution in [0.25, 0.3) is 0 Å². The van der Waals surface area contributed by atoms with E-state index in [1.807, 2.05) is 103 Å². The molecule has 6 atom stereocenters. The molecular formula is C39H40O8. The van der Waals surface area contributed by atoms with Crippen LogP contribution in [0, 0.1) is 0 Å². The average Bonchev–Trinajstić information content (AvgIpc) is 3.51. The maximum Gasteiger partial charge on any atom is 0.338 e. The summed E-state index contributed by atoms with van der Waals surface area (Å²) in [5, 5.41) is 0. The molecule has 2 saturated heterocycles. The second kappa shape index (κ2) is 16.1. The third kappa shape index (κ3) is 8.23. The van der Waals surface area contributed by atoms with Crippen molar-refractivity contribution in [1.82, 2.24) is 0 Å². The SMILES string of the molecule is C=CCCCOC1(c2ccccc2)O[C@@H]2O[C@H](COC(=O)c3ccccc3)[C@@H](OCc3ccccc3)[C@H](OCc3ccccc3)[C@@H]2O1. The molecule has 0 bridgehead atoms. The largest absolute Gasteiger partial charge is 0.459 e. The molecule has 4 aromatic carbocycles. The maximum atomic E-state index is 13.0. The van der Waals surface area contributed by atoms with Gasteiger partial charge in [0.25, 0.3) is 0 Å². The van der Waals surface area contributed by atoms with E-state index < -0.39 is 42.6 Å². The summed E-state index contributed by atoms with van der Waals surface area (Å²) in [6.07, 6.45) is -0.407. The zero-order valence-electron chi connectivity index (χ0n) is 26.2. The lowest BCUT2D eigenvalue weighted by molar-refractivity contribution is -0.367. The van der Waals surface area contributed by atoms with Crippen molar-refractivity contribution in [1.29, 1.82) is 0 Å². The van der Waals surface area contributed by atoms with Crippen molar-refractivity contribution in [2.24, 2.45) is 0 Å². The van der Waals surface area contributed by atoms with Crippen molar-refractivity contribution in [3.8, 4) is 0 Å². The third-order valence-electron chi connectivity index (χ3n) is 8.08. The molecule has 1 unspecified atom stereocenters. The van der Waals surface area contributed by atoms with E-state index in [4.69, 9.17) is 33.2 Å². The van der Waals surface area contributed by atoms with E-state index in [2.05, 4.69) is 6.58 Å². The smallest absolute Gasteiger partial charge is 0.338 e. The van der Waals surface area contributed by atoms with Gasteiger partial charge in [-0.15, -0.1) is 6.58 Å². The van der Waals surface area contributed by atoms with E-state index in [9.17, 15) is 4.79 Å². The lowest BCUT2D eigenvalue weighted by Gasteiger charge is -2.42. The minimum atomic E-state index is -1.55. The lowest BCUT2D eigenvalue weighted by atomic mass is 9.98. The first kappa shape index (κ1) is 32.8. The first-order chi connectivity index (χ1) is 23.1. The number of benzene rings is 4. The molecule has 4 aromatic rings. The van der Waals surface area contributed by atoms with Gasteiger partial charge in [-0.2, -0.15) is 0 Å². The summed E-state index contributed by atoms with van der Waals surface area (Å²) in [7, 11) is 0. The van der Waals surface area contributed by atoms with Gasteiger partial charge in [-0.25, -0.2) is 4.79 Å². The van der Waals surface area contributed by atoms with Crippen LogP contribution in [0.5, 0.6) is 0 Å². The number of ether oxygens (including phenoxy) is 7. The lowest BCUT2D eigenvalue weighted by Crippen LogP contribution is -2.59. The summed E-state index contributed by atoms with van der Waals surface area (Å²) < 4.78 is 45.3. The highest BCUT2D eigenvalue weighted by Gasteiger charge is 2.60. The van der Waals surface area contributed by atoms with Gasteiger partial charge in [-0.05, 0) is 36.1 Å². The standard InChI is InChI=1S/C39H40O8/c1-2-3-16-25-44-39(32-23-14-7-15-24-32)46-36-35(42-27-30-19-10-5-11-20-30)34(41-26-29-17-8-4-9-18-29)33(45-38(36)47-39)28-43-37(40)31-21-12-6-13-22-31/h2,4-15,17-24,33-36,38H,1,3,16,25-28H2/t33-,34-,35+,36+,38+,39?/m1/s1. The van der Waals surface area contributed by atoms with Crippen LogP contribution in [-0.4, -0.2) is 49.9 Å². The van der Waals surface area contributed by atoms with Crippen LogP contribution < -0.4 is 0 Å². The van der Waals surface area contributed by atoms with Crippen LogP contribution in [0.4, 0.5) is 0 Å². The van der Waals surface area contributed by atoms with Gasteiger partial charge in [-0.1, -0.05) is 115 Å². The van der Waals surface area contributed by atoms with E-state index in [0.717, 1.165) is 24.0 Å². The fraction of sp³-hybridized carbons (Fsp3) is 0.308. The Morgan fingerprint density at radius 1 is 0.745 bits per heavy atom. The van der Waals surface area contributed by atoms with E-state index in [1.54, 1.807) is 24.3 Å². The van der Waals surface area contributed by atoms with Crippen molar-refractivity contribution in [2.45, 2.75) is 62.7 Å². The van der Waals surface area contributed by atoms with Gasteiger partial charge in [0.2, 0.25) is 0 Å². The number of carbonyl (C=O) groups is 1. The molecule has 0 radical (unpaired) electrons. The summed E-state index contributed by atoms with van der Waals surface area (Å²) >= 11 is 0. The predicted octanol–water partition coefficient (Wildman–Crippen LogP) is 6.95. The number of rotatable bonds is 15. The Labute approximate surface area is 275 Å². The monoisotopic (exact) mass is 636 g/mol. The first-order valence-electron chi connectivity index (χ1n) is 16.0. The van der Waals surface area contributed by atoms with Crippen molar-refractivity contribution in [3.05, 3.63) is 156 Å². The summed E-state index contributed by atoms with van der Waals surface area (Å²) in [6.45, 7) is 4.66. The molecule has 244 valence electrons. The average molecular weight is 637 g/mol. The number of esters is 1. The molecule has 0 amide bonds. The molecule has 47 heavy (non-hydrogen) atoms. The Morgan fingerprint density at radius 2 is 1.32 bits per heavy atom. The summed E-state index contributed by atoms with van der Waals surface area (Å²) in [4.78, 5) is 13.0. The Morgan fingerprint density at radius 3 is 1.94 bits per heavy atom. The number of carbonyl (C=O) groups excluding carboxylic acids is 1. The topological polar surface area (TPSA) is 81.7 Å². The molecule has 0 aromatic heterocycles. The van der Waals surface area contributed by atoms with Gasteiger partial charge in [-0.3, -0.25) is 4.74 Å². The van der Waals surface area contributed by atoms with Crippen LogP contribution in [0.3, 0.4) is 0 Å². The summed E-state index contributed by atoms with van der Waals surface area (Å²) in [6, 6.07) is 38.1. The number of hydrogen-bond acceptors (Lipinski definition) is 8. The van der Waals surface area contributed by atoms with Gasteiger partial charge in [0.05, 0.1) is 25.4 Å². The molecule has 0 saturated carbocycles. The van der Waals surface area contributed by atoms with E-state index in [0.29, 0.717) is 24.3 Å². The van der Waals surface area contributed by atoms with E-state index in [1.165, 1.54) is 0 Å². The second-order valence-electron chi connectivity index (χ2n) is 11.4. The van der Waals surface area contributed by atoms with Crippen LogP contribution >= 0.6 is 0 Å². The normalized spacial score (nSPS) is 25.1. The Bertz CT molecular complexity index is 1530. The van der Waals surface area contributed by atoms with Gasteiger partial charge >= 0.3 is 11.9 Å². The maximum absolute atomic E-state index is 13.0. The summed E-state index contributed by atoms with van der Waals surface area (Å²) in [5.74, 6) is -2.02. The fourth-order valence-corrected chi connectivity index (χ4v) is 5.70. The number of allylic oxidation sites excluding steroid dienone is 1. The van der Waals surface area contributed by atoms with Crippen molar-refractivity contribution in [2.75, 3.05) is 13.2 Å². The zero-order valence-corrected chi connectivity index (χ0v) is 26.2. The number of fused-ring (bicyclic) bond motifs is 1. The molecule has 6 rings (SSSR count). The Hall–Kier alpha value is -4.15. The van der Waals surface area contributed by atoms with Crippen LogP contribution in [0.15, 0.2) is 134 Å². The van der Waals surface area contributed by atoms with Gasteiger partial charge in [0.1, 0.15) is 31.0 Å². The fourth-order valence-electron chi connectivity index (χ4n) is 5.70. The predicted molar refractivity (Wildman–Crippen MR) is 175 cm³/mol. The molecule has 0 aliphatic carbocycles. The molecule has 8 nitrogen and oxygen atoms in total. The van der Waals surface area contributed by atoms with Gasteiger partial charge < -0.3 is 28.4 Å². The van der Waals surface area contributed by atoms with E-state index in [-0.39, 0.29) is 13.2 Å². The van der Waals surface area contributed by atoms with Crippen LogP contribution in [0.1, 0.15) is 39.9 Å². The molecular weight excluding hydrogens is 596 g/mol. The van der Waals surface area contributed by atoms with Crippen LogP contribution in [0.2, 0.25) is 0 Å². The molecule has 0 spiro atoms. The highest BCUT2D eigenvalue weighted by Crippen LogP contribution is 2.45. The second-order valence-corrected chi connectivity index (χ2v) is 11.4. The van der Waals surface area contributed by atoms with Gasteiger partial charge in [0, 0.05) is 5.56 Å². The summed E-state index contributed by atoms with van der Waals surface area (Å²) in [5.41, 5.74) is 3.09. The van der Waals surface area contributed by atoms with Crippen molar-refractivity contribution < 1.29 is 38.0 Å². The molecule has 8 heteroatoms. The molecule has 2 heterocycles. The quantitative estimate of drug-likeness (QED) is 0.0788. The van der Waals surface area contributed by atoms with Gasteiger partial charge in [0.15, 0.2) is 6.29 Å². The Kier molecular flexibility index (Phi) is 11.2. The number of unbranched alkanes of at least 4 members (excludes halogenated alkanes) is 1.